The average molecular weight is 321 g/mol. The van der Waals surface area contributed by atoms with Gasteiger partial charge in [-0.05, 0) is 28.5 Å². The molecule has 2 aromatic rings. The zero-order valence-electron chi connectivity index (χ0n) is 12.5. The molecule has 1 aromatic heterocycles. The molecular formula is C14H16FN5O3. The van der Waals surface area contributed by atoms with Crippen molar-refractivity contribution >= 4 is 11.9 Å². The first-order valence-corrected chi connectivity index (χ1v) is 7.14. The van der Waals surface area contributed by atoms with Gasteiger partial charge >= 0.3 is 0 Å². The molecule has 1 unspecified atom stereocenters. The normalized spacial score (nSPS) is 16.5. The van der Waals surface area contributed by atoms with Gasteiger partial charge in [-0.1, -0.05) is 11.2 Å². The molecule has 0 radical (unpaired) electrons. The van der Waals surface area contributed by atoms with Crippen LogP contribution < -0.4 is 10.1 Å². The van der Waals surface area contributed by atoms with Crippen LogP contribution in [0.5, 0.6) is 5.75 Å². The van der Waals surface area contributed by atoms with Crippen molar-refractivity contribution in [2.75, 3.05) is 25.6 Å². The van der Waals surface area contributed by atoms with Gasteiger partial charge < -0.3 is 9.47 Å². The van der Waals surface area contributed by atoms with Crippen LogP contribution in [0, 0.1) is 11.7 Å². The number of nitrogens with zero attached hydrogens (tertiary/aromatic N) is 4. The van der Waals surface area contributed by atoms with Crippen molar-refractivity contribution in [3.63, 3.8) is 0 Å². The Morgan fingerprint density at radius 3 is 3.26 bits per heavy atom. The molecule has 1 atom stereocenters. The van der Waals surface area contributed by atoms with E-state index in [1.165, 1.54) is 16.8 Å². The fourth-order valence-electron chi connectivity index (χ4n) is 2.35. The summed E-state index contributed by atoms with van der Waals surface area (Å²) in [6.45, 7) is 1.05. The molecule has 3 rings (SSSR count). The fraction of sp³-hybridized carbons (Fsp3) is 0.429. The maximum Gasteiger partial charge on any atom is 0.249 e. The third-order valence-electron chi connectivity index (χ3n) is 3.58. The van der Waals surface area contributed by atoms with Gasteiger partial charge in [0.2, 0.25) is 11.9 Å². The molecule has 0 saturated carbocycles. The molecule has 8 nitrogen and oxygen atoms in total. The molecule has 2 heterocycles. The lowest BCUT2D eigenvalue weighted by Crippen LogP contribution is -2.33. The Balaban J connectivity index is 1.65. The standard InChI is InChI=1S/C14H16FN5O3/c1-22-5-4-20-14(17-18-19-20)16-13(21)10-6-9-2-3-11(15)7-12(9)23-8-10/h2-3,7,10H,4-6,8H2,1H3,(H,16,17,19,21). The number of halogens is 1. The molecule has 1 aliphatic heterocycles. The smallest absolute Gasteiger partial charge is 0.249 e. The summed E-state index contributed by atoms with van der Waals surface area (Å²) in [6.07, 6.45) is 0.473. The van der Waals surface area contributed by atoms with Crippen molar-refractivity contribution in [3.05, 3.63) is 29.6 Å². The molecule has 1 aliphatic rings. The maximum atomic E-state index is 13.2. The van der Waals surface area contributed by atoms with Crippen molar-refractivity contribution < 1.29 is 18.7 Å². The Labute approximate surface area is 131 Å². The van der Waals surface area contributed by atoms with Crippen LogP contribution in [-0.2, 0) is 22.5 Å². The fourth-order valence-corrected chi connectivity index (χ4v) is 2.35. The zero-order valence-corrected chi connectivity index (χ0v) is 12.5. The van der Waals surface area contributed by atoms with E-state index in [-0.39, 0.29) is 30.2 Å². The van der Waals surface area contributed by atoms with Crippen LogP contribution in [0.25, 0.3) is 0 Å². The third kappa shape index (κ3) is 3.45. The van der Waals surface area contributed by atoms with E-state index in [0.717, 1.165) is 5.56 Å². The first kappa shape index (κ1) is 15.3. The minimum absolute atomic E-state index is 0.182. The first-order valence-electron chi connectivity index (χ1n) is 7.14. The number of carbonyl (C=O) groups is 1. The van der Waals surface area contributed by atoms with Gasteiger partial charge in [0, 0.05) is 13.2 Å². The average Bonchev–Trinajstić information content (AvgIpc) is 2.99. The van der Waals surface area contributed by atoms with Gasteiger partial charge in [-0.3, -0.25) is 10.1 Å². The van der Waals surface area contributed by atoms with Crippen molar-refractivity contribution in [1.82, 2.24) is 20.2 Å². The largest absolute Gasteiger partial charge is 0.492 e. The number of aromatic nitrogens is 4. The van der Waals surface area contributed by atoms with Crippen LogP contribution in [0.4, 0.5) is 10.3 Å². The van der Waals surface area contributed by atoms with Crippen LogP contribution in [0.3, 0.4) is 0 Å². The highest BCUT2D eigenvalue weighted by atomic mass is 19.1. The first-order chi connectivity index (χ1) is 11.2. The molecule has 1 N–H and O–H groups in total. The predicted molar refractivity (Wildman–Crippen MR) is 77.4 cm³/mol. The number of ether oxygens (including phenoxy) is 2. The number of tetrazole rings is 1. The SMILES string of the molecule is COCCn1nnnc1NC(=O)C1COc2cc(F)ccc2C1. The molecule has 9 heteroatoms. The summed E-state index contributed by atoms with van der Waals surface area (Å²) in [5.41, 5.74) is 0.803. The molecule has 122 valence electrons. The molecule has 0 spiro atoms. The second kappa shape index (κ2) is 6.69. The lowest BCUT2D eigenvalue weighted by Gasteiger charge is -2.24. The summed E-state index contributed by atoms with van der Waals surface area (Å²) in [5.74, 6) is -0.242. The van der Waals surface area contributed by atoms with Gasteiger partial charge in [0.1, 0.15) is 18.2 Å². The summed E-state index contributed by atoms with van der Waals surface area (Å²) in [5, 5.41) is 13.8. The molecule has 0 saturated heterocycles. The van der Waals surface area contributed by atoms with Crippen LogP contribution in [0.15, 0.2) is 18.2 Å². The summed E-state index contributed by atoms with van der Waals surface area (Å²) >= 11 is 0. The van der Waals surface area contributed by atoms with E-state index in [0.29, 0.717) is 25.3 Å². The molecule has 23 heavy (non-hydrogen) atoms. The van der Waals surface area contributed by atoms with E-state index in [1.54, 1.807) is 13.2 Å². The van der Waals surface area contributed by atoms with Crippen LogP contribution in [-0.4, -0.2) is 46.4 Å². The van der Waals surface area contributed by atoms with E-state index in [4.69, 9.17) is 9.47 Å². The summed E-state index contributed by atoms with van der Waals surface area (Å²) in [4.78, 5) is 12.4. The lowest BCUT2D eigenvalue weighted by molar-refractivity contribution is -0.121. The van der Waals surface area contributed by atoms with Gasteiger partial charge in [-0.15, -0.1) is 0 Å². The third-order valence-corrected chi connectivity index (χ3v) is 3.58. The minimum Gasteiger partial charge on any atom is -0.492 e. The van der Waals surface area contributed by atoms with Crippen LogP contribution >= 0.6 is 0 Å². The number of methoxy groups -OCH3 is 1. The van der Waals surface area contributed by atoms with Gasteiger partial charge in [-0.25, -0.2) is 9.07 Å². The monoisotopic (exact) mass is 321 g/mol. The van der Waals surface area contributed by atoms with E-state index >= 15 is 0 Å². The second-order valence-corrected chi connectivity index (χ2v) is 5.17. The number of hydrogen-bond donors (Lipinski definition) is 1. The quantitative estimate of drug-likeness (QED) is 0.869. The topological polar surface area (TPSA) is 91.2 Å². The predicted octanol–water partition coefficient (Wildman–Crippen LogP) is 0.648. The number of anilines is 1. The van der Waals surface area contributed by atoms with E-state index < -0.39 is 0 Å². The Bertz CT molecular complexity index is 705. The maximum absolute atomic E-state index is 13.2. The molecule has 0 aliphatic carbocycles. The van der Waals surface area contributed by atoms with Crippen molar-refractivity contribution in [3.8, 4) is 5.75 Å². The van der Waals surface area contributed by atoms with Crippen LogP contribution in [0.1, 0.15) is 5.56 Å². The zero-order chi connectivity index (χ0) is 16.2. The Morgan fingerprint density at radius 2 is 2.43 bits per heavy atom. The molecule has 1 amide bonds. The summed E-state index contributed by atoms with van der Waals surface area (Å²) < 4.78 is 25.0. The molecule has 1 aromatic carbocycles. The van der Waals surface area contributed by atoms with Crippen LogP contribution in [0.2, 0.25) is 0 Å². The Kier molecular flexibility index (Phi) is 4.47. The highest BCUT2D eigenvalue weighted by molar-refractivity contribution is 5.91. The number of hydrogen-bond acceptors (Lipinski definition) is 6. The van der Waals surface area contributed by atoms with Gasteiger partial charge in [-0.2, -0.15) is 0 Å². The van der Waals surface area contributed by atoms with Crippen molar-refractivity contribution in [2.24, 2.45) is 5.92 Å². The number of rotatable bonds is 5. The van der Waals surface area contributed by atoms with E-state index in [9.17, 15) is 9.18 Å². The number of benzene rings is 1. The van der Waals surface area contributed by atoms with Gasteiger partial charge in [0.05, 0.1) is 19.1 Å². The highest BCUT2D eigenvalue weighted by Gasteiger charge is 2.27. The van der Waals surface area contributed by atoms with Gasteiger partial charge in [0.15, 0.2) is 0 Å². The van der Waals surface area contributed by atoms with E-state index in [2.05, 4.69) is 20.8 Å². The van der Waals surface area contributed by atoms with Gasteiger partial charge in [0.25, 0.3) is 0 Å². The molecule has 0 fully saturated rings. The Hall–Kier alpha value is -2.55. The molecular weight excluding hydrogens is 305 g/mol. The second-order valence-electron chi connectivity index (χ2n) is 5.17. The number of fused-ring (bicyclic) bond motifs is 1. The Morgan fingerprint density at radius 1 is 1.57 bits per heavy atom. The highest BCUT2D eigenvalue weighted by Crippen LogP contribution is 2.28. The lowest BCUT2D eigenvalue weighted by atomic mass is 9.96. The number of amides is 1. The number of nitrogens with one attached hydrogen (secondary N) is 1. The summed E-state index contributed by atoms with van der Waals surface area (Å²) in [7, 11) is 1.57. The number of carbonyl (C=O) groups excluding carboxylic acids is 1. The van der Waals surface area contributed by atoms with Crippen molar-refractivity contribution in [1.29, 1.82) is 0 Å². The summed E-state index contributed by atoms with van der Waals surface area (Å²) in [6, 6.07) is 4.31. The molecule has 0 bridgehead atoms. The van der Waals surface area contributed by atoms with E-state index in [1.807, 2.05) is 0 Å². The minimum atomic E-state index is -0.388. The van der Waals surface area contributed by atoms with Crippen molar-refractivity contribution in [2.45, 2.75) is 13.0 Å².